The number of rotatable bonds is 22. The number of methoxy groups -OCH3 is 2. The highest BCUT2D eigenvalue weighted by atomic mass is 19.3. The molecule has 0 bridgehead atoms. The second kappa shape index (κ2) is 26.1. The first kappa shape index (κ1) is 50.1. The van der Waals surface area contributed by atoms with E-state index in [0.717, 1.165) is 25.7 Å². The van der Waals surface area contributed by atoms with Gasteiger partial charge in [-0.25, -0.2) is 0 Å². The third-order valence-electron chi connectivity index (χ3n) is 9.82. The van der Waals surface area contributed by atoms with Gasteiger partial charge in [0.1, 0.15) is 0 Å². The van der Waals surface area contributed by atoms with E-state index in [1.807, 2.05) is 13.8 Å². The normalized spacial score (nSPS) is 20.7. The van der Waals surface area contributed by atoms with E-state index in [-0.39, 0.29) is 36.9 Å². The van der Waals surface area contributed by atoms with Crippen molar-refractivity contribution >= 4 is 23.8 Å². The van der Waals surface area contributed by atoms with Crippen LogP contribution in [0.1, 0.15) is 118 Å². The van der Waals surface area contributed by atoms with Crippen molar-refractivity contribution in [1.82, 2.24) is 9.80 Å². The molecule has 2 heterocycles. The number of halogens is 4. The van der Waals surface area contributed by atoms with E-state index in [4.69, 9.17) is 0 Å². The Morgan fingerprint density at radius 2 is 1.04 bits per heavy atom. The monoisotopic (exact) mass is 798 g/mol. The first-order chi connectivity index (χ1) is 26.4. The Balaban J connectivity index is 0.000000560. The molecule has 56 heavy (non-hydrogen) atoms. The van der Waals surface area contributed by atoms with Gasteiger partial charge in [-0.1, -0.05) is 63.8 Å². The third kappa shape index (κ3) is 17.9. The molecule has 2 aliphatic heterocycles. The standard InChI is InChI=1S/2C21H31F2NO4/c2*1-4-5-10-16(2)18(25)13-12-17-15-21(22,23)20(27)24(17)14-9-7-6-8-11-19(26)28-3/h2*12-13,16-18,25H,6-11,14-15H2,1-3H3/b2*13-12+/t16-,17+,18+;16-,17-,18-/m10/s1. The zero-order valence-electron chi connectivity index (χ0n) is 33.8. The summed E-state index contributed by atoms with van der Waals surface area (Å²) < 4.78 is 64.7. The molecule has 0 spiro atoms. The van der Waals surface area contributed by atoms with Crippen LogP contribution >= 0.6 is 0 Å². The number of ether oxygens (including phenoxy) is 2. The number of aliphatic hydroxyl groups is 2. The van der Waals surface area contributed by atoms with Gasteiger partial charge in [0.05, 0.1) is 38.5 Å². The van der Waals surface area contributed by atoms with E-state index in [9.17, 15) is 47.0 Å². The fourth-order valence-electron chi connectivity index (χ4n) is 6.17. The molecule has 10 nitrogen and oxygen atoms in total. The number of esters is 2. The molecule has 2 amide bonds. The number of nitrogens with zero attached hydrogens (tertiary/aromatic N) is 2. The highest BCUT2D eigenvalue weighted by molar-refractivity contribution is 5.87. The lowest BCUT2D eigenvalue weighted by Gasteiger charge is -2.22. The van der Waals surface area contributed by atoms with Crippen LogP contribution in [0.15, 0.2) is 24.3 Å². The molecule has 0 aromatic carbocycles. The van der Waals surface area contributed by atoms with Crippen molar-refractivity contribution in [2.45, 2.75) is 154 Å². The molecule has 0 aromatic rings. The van der Waals surface area contributed by atoms with Crippen LogP contribution in [0, 0.1) is 35.5 Å². The largest absolute Gasteiger partial charge is 0.469 e. The maximum absolute atomic E-state index is 13.9. The fourth-order valence-corrected chi connectivity index (χ4v) is 6.17. The van der Waals surface area contributed by atoms with Crippen LogP contribution in [0.3, 0.4) is 0 Å². The first-order valence-corrected chi connectivity index (χ1v) is 19.5. The number of carbonyl (C=O) groups excluding carboxylic acids is 4. The summed E-state index contributed by atoms with van der Waals surface area (Å²) in [4.78, 5) is 48.5. The highest BCUT2D eigenvalue weighted by Gasteiger charge is 2.53. The lowest BCUT2D eigenvalue weighted by molar-refractivity contribution is -0.148. The summed E-state index contributed by atoms with van der Waals surface area (Å²) in [7, 11) is 2.67. The molecule has 2 fully saturated rings. The molecular weight excluding hydrogens is 736 g/mol. The quantitative estimate of drug-likeness (QED) is 0.0411. The Bertz CT molecular complexity index is 1320. The number of hydrogen-bond acceptors (Lipinski definition) is 8. The van der Waals surface area contributed by atoms with E-state index in [0.29, 0.717) is 51.4 Å². The maximum atomic E-state index is 13.9. The molecule has 2 saturated heterocycles. The minimum atomic E-state index is -3.37. The zero-order valence-corrected chi connectivity index (χ0v) is 33.8. The van der Waals surface area contributed by atoms with Gasteiger partial charge >= 0.3 is 23.8 Å². The topological polar surface area (TPSA) is 134 Å². The van der Waals surface area contributed by atoms with Crippen molar-refractivity contribution in [2.75, 3.05) is 27.3 Å². The summed E-state index contributed by atoms with van der Waals surface area (Å²) in [6, 6.07) is -1.45. The summed E-state index contributed by atoms with van der Waals surface area (Å²) in [5.74, 6) is 1.46. The van der Waals surface area contributed by atoms with Crippen LogP contribution in [-0.4, -0.2) is 107 Å². The molecule has 0 aliphatic carbocycles. The van der Waals surface area contributed by atoms with Crippen LogP contribution in [-0.2, 0) is 28.7 Å². The lowest BCUT2D eigenvalue weighted by Crippen LogP contribution is -2.36. The SMILES string of the molecule is CC#CC[C@@H](C)[C@@H](O)/C=C/[C@H]1CC(F)(F)C(=O)N1CCCCCCC(=O)OC.CC#CC[C@H](C)[C@@H](O)/C=C/[C@H]1CC(F)(F)C(=O)N1CCCCCCC(=O)OC. The van der Waals surface area contributed by atoms with E-state index < -0.39 is 60.8 Å². The summed E-state index contributed by atoms with van der Waals surface area (Å²) in [6.07, 6.45) is 10.5. The molecular formula is C42H62F4N2O8. The molecule has 6 atom stereocenters. The molecule has 0 saturated carbocycles. The second-order valence-corrected chi connectivity index (χ2v) is 14.4. The van der Waals surface area contributed by atoms with Crippen molar-refractivity contribution in [2.24, 2.45) is 11.8 Å². The number of aliphatic hydroxyl groups excluding tert-OH is 2. The van der Waals surface area contributed by atoms with Gasteiger partial charge in [0, 0.05) is 51.6 Å². The lowest BCUT2D eigenvalue weighted by atomic mass is 10.00. The Morgan fingerprint density at radius 3 is 1.36 bits per heavy atom. The molecule has 0 unspecified atom stereocenters. The summed E-state index contributed by atoms with van der Waals surface area (Å²) in [5.41, 5.74) is 0. The van der Waals surface area contributed by atoms with Crippen LogP contribution < -0.4 is 0 Å². The number of likely N-dealkylation sites (tertiary alicyclic amines) is 2. The van der Waals surface area contributed by atoms with E-state index in [2.05, 4.69) is 33.2 Å². The minimum Gasteiger partial charge on any atom is -0.469 e. The predicted molar refractivity (Wildman–Crippen MR) is 205 cm³/mol. The molecule has 0 aromatic heterocycles. The molecule has 0 radical (unpaired) electrons. The van der Waals surface area contributed by atoms with Gasteiger partial charge in [0.15, 0.2) is 0 Å². The summed E-state index contributed by atoms with van der Waals surface area (Å²) in [6.45, 7) is 7.56. The van der Waals surface area contributed by atoms with Gasteiger partial charge in [-0.3, -0.25) is 19.2 Å². The number of amides is 2. The van der Waals surface area contributed by atoms with Crippen LogP contribution in [0.5, 0.6) is 0 Å². The maximum Gasteiger partial charge on any atom is 0.327 e. The Hall–Kier alpha value is -3.88. The van der Waals surface area contributed by atoms with Gasteiger partial charge in [0.25, 0.3) is 11.8 Å². The van der Waals surface area contributed by atoms with Gasteiger partial charge in [-0.05, 0) is 51.4 Å². The molecule has 2 aliphatic rings. The molecule has 316 valence electrons. The number of carbonyl (C=O) groups is 4. The Morgan fingerprint density at radius 1 is 0.696 bits per heavy atom. The Kier molecular flexibility index (Phi) is 23.4. The van der Waals surface area contributed by atoms with Crippen molar-refractivity contribution in [1.29, 1.82) is 0 Å². The summed E-state index contributed by atoms with van der Waals surface area (Å²) in [5, 5.41) is 20.3. The second-order valence-electron chi connectivity index (χ2n) is 14.4. The highest BCUT2D eigenvalue weighted by Crippen LogP contribution is 2.36. The van der Waals surface area contributed by atoms with E-state index in [1.165, 1.54) is 48.3 Å². The zero-order chi connectivity index (χ0) is 42.3. The van der Waals surface area contributed by atoms with Crippen molar-refractivity contribution < 1.29 is 56.4 Å². The van der Waals surface area contributed by atoms with Gasteiger partial charge in [0.2, 0.25) is 0 Å². The van der Waals surface area contributed by atoms with E-state index in [1.54, 1.807) is 13.8 Å². The smallest absolute Gasteiger partial charge is 0.327 e. The average molecular weight is 799 g/mol. The molecule has 2 N–H and O–H groups in total. The van der Waals surface area contributed by atoms with Crippen molar-refractivity contribution in [3.05, 3.63) is 24.3 Å². The van der Waals surface area contributed by atoms with Gasteiger partial charge in [-0.15, -0.1) is 23.7 Å². The first-order valence-electron chi connectivity index (χ1n) is 19.5. The number of unbranched alkanes of at least 4 members (excludes halogenated alkanes) is 6. The van der Waals surface area contributed by atoms with Gasteiger partial charge < -0.3 is 29.5 Å². The Labute approximate surface area is 330 Å². The predicted octanol–water partition coefficient (Wildman–Crippen LogP) is 6.63. The average Bonchev–Trinajstić information content (AvgIpc) is 3.53. The third-order valence-corrected chi connectivity index (χ3v) is 9.82. The van der Waals surface area contributed by atoms with Crippen molar-refractivity contribution in [3.63, 3.8) is 0 Å². The van der Waals surface area contributed by atoms with Crippen LogP contribution in [0.25, 0.3) is 0 Å². The number of hydrogen-bond donors (Lipinski definition) is 2. The number of alkyl halides is 4. The molecule has 14 heteroatoms. The summed E-state index contributed by atoms with van der Waals surface area (Å²) >= 11 is 0. The minimum absolute atomic E-state index is 0.121. The van der Waals surface area contributed by atoms with E-state index >= 15 is 0 Å². The van der Waals surface area contributed by atoms with Crippen LogP contribution in [0.4, 0.5) is 17.6 Å². The van der Waals surface area contributed by atoms with Gasteiger partial charge in [-0.2, -0.15) is 17.6 Å². The van der Waals surface area contributed by atoms with Crippen LogP contribution in [0.2, 0.25) is 0 Å². The van der Waals surface area contributed by atoms with Crippen molar-refractivity contribution in [3.8, 4) is 23.7 Å². The molecule has 2 rings (SSSR count). The fraction of sp³-hybridized carbons (Fsp3) is 0.714.